The maximum Gasteiger partial charge on any atom is 0.304 e. The molecule has 110 valence electrons. The average molecular weight is 272 g/mol. The summed E-state index contributed by atoms with van der Waals surface area (Å²) >= 11 is 0. The number of piperidine rings is 1. The fourth-order valence-electron chi connectivity index (χ4n) is 2.53. The second-order valence-corrected chi connectivity index (χ2v) is 4.95. The summed E-state index contributed by atoms with van der Waals surface area (Å²) in [4.78, 5) is 24.9. The molecule has 1 saturated heterocycles. The highest BCUT2D eigenvalue weighted by atomic mass is 16.5. The molecule has 1 aliphatic heterocycles. The molecule has 0 aromatic carbocycles. The van der Waals surface area contributed by atoms with Crippen LogP contribution in [0.5, 0.6) is 0 Å². The number of carbonyl (C=O) groups is 2. The third-order valence-corrected chi connectivity index (χ3v) is 3.57. The van der Waals surface area contributed by atoms with Crippen LogP contribution >= 0.6 is 0 Å². The highest BCUT2D eigenvalue weighted by molar-refractivity contribution is 5.81. The molecule has 2 atom stereocenters. The summed E-state index contributed by atoms with van der Waals surface area (Å²) in [5, 5.41) is 11.7. The first-order valence-corrected chi connectivity index (χ1v) is 6.80. The number of hydrogen-bond acceptors (Lipinski definition) is 4. The Hall–Kier alpha value is -1.14. The van der Waals surface area contributed by atoms with Gasteiger partial charge < -0.3 is 15.2 Å². The molecule has 1 fully saturated rings. The van der Waals surface area contributed by atoms with Crippen LogP contribution in [0.15, 0.2) is 0 Å². The summed E-state index contributed by atoms with van der Waals surface area (Å²) in [6.07, 6.45) is 3.01. The first-order valence-electron chi connectivity index (χ1n) is 6.80. The van der Waals surface area contributed by atoms with Gasteiger partial charge in [0, 0.05) is 19.7 Å². The second kappa shape index (κ2) is 8.12. The zero-order valence-electron chi connectivity index (χ0n) is 11.7. The lowest BCUT2D eigenvalue weighted by atomic mass is 9.97. The summed E-state index contributed by atoms with van der Waals surface area (Å²) in [6, 6.07) is -0.323. The second-order valence-electron chi connectivity index (χ2n) is 4.95. The maximum atomic E-state index is 12.0. The highest BCUT2D eigenvalue weighted by Gasteiger charge is 2.31. The van der Waals surface area contributed by atoms with Crippen LogP contribution in [0.3, 0.4) is 0 Å². The number of carboxylic acid groups (broad SMARTS) is 1. The van der Waals surface area contributed by atoms with Crippen molar-refractivity contribution in [1.82, 2.24) is 10.2 Å². The molecule has 1 aliphatic rings. The quantitative estimate of drug-likeness (QED) is 0.659. The van der Waals surface area contributed by atoms with Crippen LogP contribution in [0.1, 0.15) is 32.6 Å². The Kier molecular flexibility index (Phi) is 6.80. The fraction of sp³-hybridized carbons (Fsp3) is 0.846. The van der Waals surface area contributed by atoms with Gasteiger partial charge in [-0.25, -0.2) is 0 Å². The Bertz CT molecular complexity index is 309. The zero-order valence-corrected chi connectivity index (χ0v) is 11.7. The van der Waals surface area contributed by atoms with E-state index < -0.39 is 5.97 Å². The highest BCUT2D eigenvalue weighted by Crippen LogP contribution is 2.22. The third-order valence-electron chi connectivity index (χ3n) is 3.57. The van der Waals surface area contributed by atoms with E-state index in [1.807, 2.05) is 11.8 Å². The van der Waals surface area contributed by atoms with Crippen molar-refractivity contribution < 1.29 is 19.4 Å². The number of methoxy groups -OCH3 is 1. The molecule has 0 spiro atoms. The number of ether oxygens (including phenoxy) is 1. The predicted octanol–water partition coefficient (Wildman–Crippen LogP) is 0.467. The normalized spacial score (nSPS) is 21.9. The minimum atomic E-state index is -0.802. The van der Waals surface area contributed by atoms with Crippen molar-refractivity contribution in [3.05, 3.63) is 0 Å². The summed E-state index contributed by atoms with van der Waals surface area (Å²) in [6.45, 7) is 3.59. The molecule has 0 bridgehead atoms. The van der Waals surface area contributed by atoms with E-state index in [9.17, 15) is 9.59 Å². The lowest BCUT2D eigenvalue weighted by Crippen LogP contribution is -2.52. The molecule has 1 amide bonds. The lowest BCUT2D eigenvalue weighted by Gasteiger charge is -2.38. The molecule has 0 radical (unpaired) electrons. The topological polar surface area (TPSA) is 78.9 Å². The fourth-order valence-corrected chi connectivity index (χ4v) is 2.53. The Labute approximate surface area is 114 Å². The molecular weight excluding hydrogens is 248 g/mol. The van der Waals surface area contributed by atoms with Crippen molar-refractivity contribution in [2.24, 2.45) is 0 Å². The molecule has 0 aliphatic carbocycles. The number of aliphatic carboxylic acids is 1. The largest absolute Gasteiger partial charge is 0.481 e. The molecule has 1 rings (SSSR count). The lowest BCUT2D eigenvalue weighted by molar-refractivity contribution is -0.140. The molecule has 6 heteroatoms. The third kappa shape index (κ3) is 5.16. The summed E-state index contributed by atoms with van der Waals surface area (Å²) in [5.41, 5.74) is 0. The monoisotopic (exact) mass is 272 g/mol. The summed E-state index contributed by atoms with van der Waals surface area (Å²) in [7, 11) is 1.59. The maximum absolute atomic E-state index is 12.0. The Morgan fingerprint density at radius 1 is 1.47 bits per heavy atom. The minimum Gasteiger partial charge on any atom is -0.481 e. The predicted molar refractivity (Wildman–Crippen MR) is 70.9 cm³/mol. The van der Waals surface area contributed by atoms with E-state index in [0.29, 0.717) is 13.2 Å². The number of amides is 1. The molecular formula is C13H24N2O4. The van der Waals surface area contributed by atoms with Gasteiger partial charge in [-0.05, 0) is 26.3 Å². The number of rotatable bonds is 7. The van der Waals surface area contributed by atoms with E-state index >= 15 is 0 Å². The van der Waals surface area contributed by atoms with Crippen molar-refractivity contribution in [3.63, 3.8) is 0 Å². The van der Waals surface area contributed by atoms with Crippen LogP contribution < -0.4 is 5.32 Å². The number of likely N-dealkylation sites (tertiary alicyclic amines) is 1. The number of hydrogen-bond donors (Lipinski definition) is 2. The standard InChI is InChI=1S/C13H24N2O4/c1-10(13(18)14-6-8-19-2)15-7-4-3-5-11(15)9-12(16)17/h10-11H,3-9H2,1-2H3,(H,14,18)(H,16,17). The first-order chi connectivity index (χ1) is 9.06. The van der Waals surface area contributed by atoms with Crippen molar-refractivity contribution in [2.75, 3.05) is 26.8 Å². The van der Waals surface area contributed by atoms with E-state index in [0.717, 1.165) is 25.8 Å². The molecule has 1 heterocycles. The Morgan fingerprint density at radius 3 is 2.84 bits per heavy atom. The first kappa shape index (κ1) is 15.9. The van der Waals surface area contributed by atoms with Gasteiger partial charge in [0.25, 0.3) is 0 Å². The summed E-state index contributed by atoms with van der Waals surface area (Å²) < 4.78 is 4.89. The van der Waals surface area contributed by atoms with Crippen LogP contribution in [0, 0.1) is 0 Å². The number of carbonyl (C=O) groups excluding carboxylic acids is 1. The van der Waals surface area contributed by atoms with E-state index in [1.54, 1.807) is 7.11 Å². The van der Waals surface area contributed by atoms with Gasteiger partial charge in [0.2, 0.25) is 5.91 Å². The van der Waals surface area contributed by atoms with E-state index in [1.165, 1.54) is 0 Å². The van der Waals surface area contributed by atoms with E-state index in [-0.39, 0.29) is 24.4 Å². The van der Waals surface area contributed by atoms with Crippen LogP contribution in [0.25, 0.3) is 0 Å². The van der Waals surface area contributed by atoms with Gasteiger partial charge in [-0.1, -0.05) is 6.42 Å². The molecule has 19 heavy (non-hydrogen) atoms. The van der Waals surface area contributed by atoms with Gasteiger partial charge in [-0.2, -0.15) is 0 Å². The molecule has 0 saturated carbocycles. The average Bonchev–Trinajstić information content (AvgIpc) is 2.38. The minimum absolute atomic E-state index is 0.0329. The SMILES string of the molecule is COCCNC(=O)C(C)N1CCCCC1CC(=O)O. The molecule has 0 aromatic rings. The summed E-state index contributed by atoms with van der Waals surface area (Å²) in [5.74, 6) is -0.863. The van der Waals surface area contributed by atoms with E-state index in [2.05, 4.69) is 5.32 Å². The van der Waals surface area contributed by atoms with Gasteiger partial charge in [0.1, 0.15) is 0 Å². The van der Waals surface area contributed by atoms with Crippen LogP contribution in [-0.2, 0) is 14.3 Å². The van der Waals surface area contributed by atoms with Crippen molar-refractivity contribution in [2.45, 2.75) is 44.7 Å². The van der Waals surface area contributed by atoms with Gasteiger partial charge >= 0.3 is 5.97 Å². The van der Waals surface area contributed by atoms with Gasteiger partial charge in [0.15, 0.2) is 0 Å². The zero-order chi connectivity index (χ0) is 14.3. The molecule has 6 nitrogen and oxygen atoms in total. The van der Waals surface area contributed by atoms with Crippen molar-refractivity contribution >= 4 is 11.9 Å². The van der Waals surface area contributed by atoms with E-state index in [4.69, 9.17) is 9.84 Å². The van der Waals surface area contributed by atoms with Gasteiger partial charge in [0.05, 0.1) is 19.1 Å². The molecule has 2 N–H and O–H groups in total. The van der Waals surface area contributed by atoms with Crippen LogP contribution in [-0.4, -0.2) is 60.8 Å². The Morgan fingerprint density at radius 2 is 2.21 bits per heavy atom. The van der Waals surface area contributed by atoms with Crippen molar-refractivity contribution in [1.29, 1.82) is 0 Å². The number of nitrogens with one attached hydrogen (secondary N) is 1. The van der Waals surface area contributed by atoms with Gasteiger partial charge in [-0.3, -0.25) is 14.5 Å². The van der Waals surface area contributed by atoms with Crippen LogP contribution in [0.4, 0.5) is 0 Å². The van der Waals surface area contributed by atoms with Gasteiger partial charge in [-0.15, -0.1) is 0 Å². The Balaban J connectivity index is 2.53. The number of nitrogens with zero attached hydrogens (tertiary/aromatic N) is 1. The number of carboxylic acids is 1. The smallest absolute Gasteiger partial charge is 0.304 e. The van der Waals surface area contributed by atoms with Crippen LogP contribution in [0.2, 0.25) is 0 Å². The molecule has 0 aromatic heterocycles. The van der Waals surface area contributed by atoms with Crippen molar-refractivity contribution in [3.8, 4) is 0 Å². The molecule has 2 unspecified atom stereocenters.